The van der Waals surface area contributed by atoms with Crippen molar-refractivity contribution in [2.45, 2.75) is 118 Å². The predicted octanol–water partition coefficient (Wildman–Crippen LogP) is 5.64. The number of ketones is 2. The largest absolute Gasteiger partial charge is 0.493 e. The van der Waals surface area contributed by atoms with Gasteiger partial charge in [-0.1, -0.05) is 27.7 Å². The average molecular weight is 553 g/mol. The van der Waals surface area contributed by atoms with Crippen LogP contribution < -0.4 is 5.69 Å². The second-order valence-corrected chi connectivity index (χ2v) is 12.4. The normalized spacial score (nSPS) is 12.3. The highest BCUT2D eigenvalue weighted by molar-refractivity contribution is 7.80. The van der Waals surface area contributed by atoms with Crippen LogP contribution >= 0.6 is 24.8 Å². The van der Waals surface area contributed by atoms with E-state index in [0.717, 1.165) is 22.8 Å². The van der Waals surface area contributed by atoms with Crippen molar-refractivity contribution in [3.05, 3.63) is 27.6 Å². The van der Waals surface area contributed by atoms with E-state index in [9.17, 15) is 19.5 Å². The monoisotopic (exact) mass is 552 g/mol. The van der Waals surface area contributed by atoms with E-state index in [1.54, 1.807) is 0 Å². The second kappa shape index (κ2) is 13.1. The molecule has 10 heteroatoms. The fourth-order valence-electron chi connectivity index (χ4n) is 4.49. The predicted molar refractivity (Wildman–Crippen MR) is 152 cm³/mol. The lowest BCUT2D eigenvalue weighted by molar-refractivity contribution is -0.121. The van der Waals surface area contributed by atoms with Crippen LogP contribution in [0.2, 0.25) is 0 Å². The van der Waals surface area contributed by atoms with Crippen molar-refractivity contribution in [2.75, 3.05) is 0 Å². The first-order valence-electron chi connectivity index (χ1n) is 13.2. The van der Waals surface area contributed by atoms with E-state index in [2.05, 4.69) is 26.5 Å². The number of thiol groups is 1. The fraction of sp³-hybridized carbons (Fsp3) is 0.704. The topological polar surface area (TPSA) is 91.2 Å². The van der Waals surface area contributed by atoms with Crippen LogP contribution in [0.5, 0.6) is 5.88 Å². The summed E-state index contributed by atoms with van der Waals surface area (Å²) in [5.41, 5.74) is -0.678. The van der Waals surface area contributed by atoms with E-state index in [4.69, 9.17) is 12.2 Å². The van der Waals surface area contributed by atoms with Gasteiger partial charge >= 0.3 is 5.69 Å². The van der Waals surface area contributed by atoms with Gasteiger partial charge in [0.25, 0.3) is 0 Å². The summed E-state index contributed by atoms with van der Waals surface area (Å²) in [5.74, 6) is 0.249. The first-order chi connectivity index (χ1) is 17.2. The Labute approximate surface area is 231 Å². The van der Waals surface area contributed by atoms with Gasteiger partial charge in [-0.25, -0.2) is 4.79 Å². The van der Waals surface area contributed by atoms with Gasteiger partial charge in [0.15, 0.2) is 4.77 Å². The quantitative estimate of drug-likeness (QED) is 0.208. The molecule has 0 saturated heterocycles. The highest BCUT2D eigenvalue weighted by atomic mass is 32.1. The molecule has 1 N–H and O–H groups in total. The van der Waals surface area contributed by atoms with Gasteiger partial charge in [-0.05, 0) is 56.2 Å². The molecule has 0 unspecified atom stereocenters. The molecule has 8 nitrogen and oxygen atoms in total. The summed E-state index contributed by atoms with van der Waals surface area (Å²) in [6, 6.07) is 0. The molecule has 0 aliphatic heterocycles. The third-order valence-corrected chi connectivity index (χ3v) is 7.79. The number of hydrogen-bond donors (Lipinski definition) is 2. The summed E-state index contributed by atoms with van der Waals surface area (Å²) in [4.78, 5) is 37.3. The zero-order valence-electron chi connectivity index (χ0n) is 23.2. The van der Waals surface area contributed by atoms with Gasteiger partial charge in [0.05, 0.1) is 11.2 Å². The fourth-order valence-corrected chi connectivity index (χ4v) is 5.20. The summed E-state index contributed by atoms with van der Waals surface area (Å²) in [7, 11) is 0. The van der Waals surface area contributed by atoms with Crippen LogP contribution in [0, 0.1) is 15.6 Å². The number of aromatic nitrogens is 4. The third kappa shape index (κ3) is 9.02. The Balaban J connectivity index is 1.74. The lowest BCUT2D eigenvalue weighted by Gasteiger charge is -2.25. The number of Topliss-reactive ketones (excluding diaryl/α,β-unsaturated/α-hetero) is 2. The molecule has 0 aromatic carbocycles. The minimum Gasteiger partial charge on any atom is -0.493 e. The molecule has 2 heterocycles. The molecule has 208 valence electrons. The van der Waals surface area contributed by atoms with Gasteiger partial charge in [0, 0.05) is 58.1 Å². The smallest absolute Gasteiger partial charge is 0.331 e. The van der Waals surface area contributed by atoms with Crippen molar-refractivity contribution in [2.24, 2.45) is 10.8 Å². The van der Waals surface area contributed by atoms with Gasteiger partial charge < -0.3 is 14.2 Å². The SMILES string of the molecule is CCn1cc(O)n(CC(C)(C)CCC(=O)CCCC(=O)CCC(C)(C)Cn2c(S)cn(CC)c2=S)c1=O. The molecule has 37 heavy (non-hydrogen) atoms. The molecule has 0 atom stereocenters. The first-order valence-corrected chi connectivity index (χ1v) is 14.1. The number of nitrogens with zero attached hydrogens (tertiary/aromatic N) is 4. The Morgan fingerprint density at radius 3 is 1.78 bits per heavy atom. The standard InChI is InChI=1S/C27H44N4O4S2/c1-7-28-16-22(34)30(24(28)35)18-26(3,4)14-12-20(32)10-9-11-21(33)13-15-27(5,6)19-31-23(36)17-29(8-2)25(31)37/h16-17,34,36H,7-15,18-19H2,1-6H3. The molecular formula is C27H44N4O4S2. The van der Waals surface area contributed by atoms with Crippen LogP contribution in [0.15, 0.2) is 22.2 Å². The zero-order valence-corrected chi connectivity index (χ0v) is 25.0. The van der Waals surface area contributed by atoms with Crippen molar-refractivity contribution >= 4 is 36.4 Å². The molecule has 0 aliphatic carbocycles. The molecule has 0 spiro atoms. The Hall–Kier alpha value is -2.07. The molecule has 0 bridgehead atoms. The van der Waals surface area contributed by atoms with Crippen molar-refractivity contribution in [3.8, 4) is 5.88 Å². The minimum atomic E-state index is -0.327. The highest BCUT2D eigenvalue weighted by Gasteiger charge is 2.24. The molecule has 0 fully saturated rings. The van der Waals surface area contributed by atoms with Gasteiger partial charge in [-0.2, -0.15) is 0 Å². The van der Waals surface area contributed by atoms with E-state index < -0.39 is 0 Å². The maximum Gasteiger partial charge on any atom is 0.331 e. The van der Waals surface area contributed by atoms with Crippen LogP contribution in [0.25, 0.3) is 0 Å². The zero-order chi connectivity index (χ0) is 28.0. The molecule has 2 aromatic rings. The molecule has 0 aliphatic rings. The molecular weight excluding hydrogens is 508 g/mol. The van der Waals surface area contributed by atoms with E-state index in [1.165, 1.54) is 15.3 Å². The first kappa shape index (κ1) is 31.1. The van der Waals surface area contributed by atoms with E-state index in [1.807, 2.05) is 43.0 Å². The Morgan fingerprint density at radius 1 is 0.865 bits per heavy atom. The second-order valence-electron chi connectivity index (χ2n) is 11.5. The molecule has 0 amide bonds. The molecule has 0 radical (unpaired) electrons. The van der Waals surface area contributed by atoms with Crippen LogP contribution in [0.1, 0.15) is 86.5 Å². The van der Waals surface area contributed by atoms with Crippen molar-refractivity contribution in [1.82, 2.24) is 18.3 Å². The maximum atomic E-state index is 12.5. The number of rotatable bonds is 16. The molecule has 0 saturated carbocycles. The number of hydrogen-bond acceptors (Lipinski definition) is 6. The third-order valence-electron chi connectivity index (χ3n) is 6.98. The van der Waals surface area contributed by atoms with Gasteiger partial charge in [0.1, 0.15) is 11.6 Å². The lowest BCUT2D eigenvalue weighted by Crippen LogP contribution is -2.30. The lowest BCUT2D eigenvalue weighted by atomic mass is 9.85. The van der Waals surface area contributed by atoms with Crippen LogP contribution in [-0.4, -0.2) is 34.9 Å². The number of carbonyl (C=O) groups is 2. The summed E-state index contributed by atoms with van der Waals surface area (Å²) < 4.78 is 7.58. The number of aryl methyl sites for hydroxylation is 2. The van der Waals surface area contributed by atoms with Crippen LogP contribution in [-0.2, 0) is 35.8 Å². The average Bonchev–Trinajstić information content (AvgIpc) is 3.25. The summed E-state index contributed by atoms with van der Waals surface area (Å²) in [6.45, 7) is 14.5. The number of imidazole rings is 2. The van der Waals surface area contributed by atoms with E-state index >= 15 is 0 Å². The van der Waals surface area contributed by atoms with E-state index in [0.29, 0.717) is 58.2 Å². The Kier molecular flexibility index (Phi) is 11.1. The van der Waals surface area contributed by atoms with Gasteiger partial charge in [-0.3, -0.25) is 18.7 Å². The van der Waals surface area contributed by atoms with Crippen LogP contribution in [0.4, 0.5) is 0 Å². The van der Waals surface area contributed by atoms with E-state index in [-0.39, 0.29) is 34.0 Å². The molecule has 2 aromatic heterocycles. The van der Waals surface area contributed by atoms with Gasteiger partial charge in [-0.15, -0.1) is 12.6 Å². The van der Waals surface area contributed by atoms with Crippen molar-refractivity contribution in [1.29, 1.82) is 0 Å². The number of aromatic hydroxyl groups is 1. The minimum absolute atomic E-state index is 0.0541. The van der Waals surface area contributed by atoms with Crippen molar-refractivity contribution in [3.63, 3.8) is 0 Å². The summed E-state index contributed by atoms with van der Waals surface area (Å²) >= 11 is 10.1. The molecule has 2 rings (SSSR count). The van der Waals surface area contributed by atoms with Crippen molar-refractivity contribution < 1.29 is 14.7 Å². The summed E-state index contributed by atoms with van der Waals surface area (Å²) in [5, 5.41) is 10.9. The van der Waals surface area contributed by atoms with Gasteiger partial charge in [0.2, 0.25) is 5.88 Å². The number of carbonyl (C=O) groups excluding carboxylic acids is 2. The Morgan fingerprint density at radius 2 is 1.35 bits per heavy atom. The van der Waals surface area contributed by atoms with Crippen LogP contribution in [0.3, 0.4) is 0 Å². The summed E-state index contributed by atoms with van der Waals surface area (Å²) in [6.07, 6.45) is 6.95. The maximum absolute atomic E-state index is 12.5. The Bertz CT molecular complexity index is 1110. The highest BCUT2D eigenvalue weighted by Crippen LogP contribution is 2.29.